The van der Waals surface area contributed by atoms with Gasteiger partial charge < -0.3 is 21.8 Å². The van der Waals surface area contributed by atoms with Crippen LogP contribution < -0.4 is 27.6 Å². The fourth-order valence-electron chi connectivity index (χ4n) is 4.62. The number of carbonyl (C=O) groups is 3. The number of nitrogens with zero attached hydrogens (tertiary/aromatic N) is 1. The Labute approximate surface area is 250 Å². The molecule has 0 aliphatic carbocycles. The summed E-state index contributed by atoms with van der Waals surface area (Å²) in [4.78, 5) is 43.4. The highest BCUT2D eigenvalue weighted by molar-refractivity contribution is 5.99. The van der Waals surface area contributed by atoms with Gasteiger partial charge >= 0.3 is 0 Å². The van der Waals surface area contributed by atoms with Gasteiger partial charge in [-0.25, -0.2) is 10.8 Å². The van der Waals surface area contributed by atoms with Crippen molar-refractivity contribution < 1.29 is 14.4 Å². The van der Waals surface area contributed by atoms with Gasteiger partial charge in [0.15, 0.2) is 0 Å². The van der Waals surface area contributed by atoms with E-state index in [0.29, 0.717) is 22.5 Å². The van der Waals surface area contributed by atoms with Crippen molar-refractivity contribution in [3.05, 3.63) is 131 Å². The van der Waals surface area contributed by atoms with Crippen LogP contribution in [0.5, 0.6) is 0 Å². The molecule has 9 nitrogen and oxygen atoms in total. The second kappa shape index (κ2) is 15.1. The zero-order valence-electron chi connectivity index (χ0n) is 23.0. The molecule has 7 N–H and O–H groups in total. The van der Waals surface area contributed by atoms with E-state index in [1.807, 2.05) is 67.6 Å². The first-order valence-corrected chi connectivity index (χ1v) is 13.0. The zero-order valence-corrected chi connectivity index (χ0v) is 23.8. The molecule has 0 fully saturated rings. The van der Waals surface area contributed by atoms with Crippen molar-refractivity contribution >= 4 is 47.8 Å². The molecule has 1 unspecified atom stereocenters. The molecule has 4 aromatic carbocycles. The maximum atomic E-state index is 14.0. The largest absolute Gasteiger partial charge is 0.369 e. The van der Waals surface area contributed by atoms with E-state index in [9.17, 15) is 14.4 Å². The molecule has 0 bridgehead atoms. The van der Waals surface area contributed by atoms with Crippen molar-refractivity contribution in [2.45, 2.75) is 25.3 Å². The predicted molar refractivity (Wildman–Crippen MR) is 167 cm³/mol. The van der Waals surface area contributed by atoms with Gasteiger partial charge in [0.05, 0.1) is 18.0 Å². The van der Waals surface area contributed by atoms with E-state index in [4.69, 9.17) is 11.6 Å². The fraction of sp³-hybridized carbons (Fsp3) is 0.125. The summed E-state index contributed by atoms with van der Waals surface area (Å²) in [5, 5.41) is 5.90. The van der Waals surface area contributed by atoms with Gasteiger partial charge in [0, 0.05) is 5.69 Å². The van der Waals surface area contributed by atoms with Crippen LogP contribution in [-0.4, -0.2) is 24.1 Å². The van der Waals surface area contributed by atoms with Gasteiger partial charge in [-0.2, -0.15) is 0 Å². The number of halogens is 1. The lowest BCUT2D eigenvalue weighted by atomic mass is 9.89. The number of hydrazine groups is 1. The van der Waals surface area contributed by atoms with Crippen LogP contribution in [0.3, 0.4) is 0 Å². The van der Waals surface area contributed by atoms with E-state index in [1.165, 1.54) is 6.34 Å². The van der Waals surface area contributed by atoms with Crippen molar-refractivity contribution in [2.75, 3.05) is 5.32 Å². The second-order valence-electron chi connectivity index (χ2n) is 9.44. The molecule has 4 aromatic rings. The number of amides is 3. The van der Waals surface area contributed by atoms with Gasteiger partial charge in [-0.15, -0.1) is 12.4 Å². The van der Waals surface area contributed by atoms with E-state index in [2.05, 4.69) is 21.1 Å². The Morgan fingerprint density at radius 3 is 1.95 bits per heavy atom. The molecule has 0 spiro atoms. The molecule has 42 heavy (non-hydrogen) atoms. The molecule has 3 amide bonds. The molecule has 10 heteroatoms. The monoisotopic (exact) mass is 584 g/mol. The van der Waals surface area contributed by atoms with Crippen LogP contribution in [0.15, 0.2) is 108 Å². The summed E-state index contributed by atoms with van der Waals surface area (Å²) in [5.41, 5.74) is 12.4. The van der Waals surface area contributed by atoms with E-state index in [0.717, 1.165) is 16.7 Å². The third kappa shape index (κ3) is 8.03. The first kappa shape index (κ1) is 31.5. The minimum absolute atomic E-state index is 0. The van der Waals surface area contributed by atoms with E-state index < -0.39 is 23.8 Å². The SMILES string of the molecule is Cc1c(N=CNN)cccc1C(NC(=O)C(c1ccccc1)c1ccccc1)C(=O)Nc1ccc(CC(N)=O)cc1.Cl. The van der Waals surface area contributed by atoms with Crippen LogP contribution in [0.4, 0.5) is 11.4 Å². The Hall–Kier alpha value is -4.99. The Morgan fingerprint density at radius 1 is 0.810 bits per heavy atom. The molecule has 0 radical (unpaired) electrons. The maximum absolute atomic E-state index is 14.0. The Balaban J connectivity index is 0.00000484. The molecule has 0 aliphatic rings. The fourth-order valence-corrected chi connectivity index (χ4v) is 4.62. The van der Waals surface area contributed by atoms with E-state index >= 15 is 0 Å². The number of anilines is 1. The Bertz CT molecular complexity index is 1490. The third-order valence-electron chi connectivity index (χ3n) is 6.61. The number of primary amides is 1. The minimum atomic E-state index is -1.05. The molecule has 4 rings (SSSR count). The highest BCUT2D eigenvalue weighted by Gasteiger charge is 2.30. The first-order chi connectivity index (χ1) is 19.9. The summed E-state index contributed by atoms with van der Waals surface area (Å²) in [6.07, 6.45) is 1.44. The van der Waals surface area contributed by atoms with Gasteiger partial charge in [0.1, 0.15) is 12.4 Å². The average Bonchev–Trinajstić information content (AvgIpc) is 2.97. The van der Waals surface area contributed by atoms with E-state index in [-0.39, 0.29) is 24.7 Å². The number of nitrogens with one attached hydrogen (secondary N) is 3. The molecule has 0 aliphatic heterocycles. The molecule has 0 saturated heterocycles. The minimum Gasteiger partial charge on any atom is -0.369 e. The number of rotatable bonds is 11. The smallest absolute Gasteiger partial charge is 0.251 e. The average molecular weight is 585 g/mol. The van der Waals surface area contributed by atoms with E-state index in [1.54, 1.807) is 42.5 Å². The molecule has 0 saturated carbocycles. The van der Waals surface area contributed by atoms with Crippen LogP contribution in [0.2, 0.25) is 0 Å². The Kier molecular flexibility index (Phi) is 11.4. The highest BCUT2D eigenvalue weighted by Crippen LogP contribution is 2.30. The predicted octanol–water partition coefficient (Wildman–Crippen LogP) is 4.20. The van der Waals surface area contributed by atoms with Crippen LogP contribution in [-0.2, 0) is 20.8 Å². The second-order valence-corrected chi connectivity index (χ2v) is 9.44. The molecular weight excluding hydrogens is 552 g/mol. The van der Waals surface area contributed by atoms with Crippen molar-refractivity contribution in [1.82, 2.24) is 10.7 Å². The van der Waals surface area contributed by atoms with Crippen LogP contribution in [0.1, 0.15) is 39.8 Å². The zero-order chi connectivity index (χ0) is 29.2. The van der Waals surface area contributed by atoms with Crippen molar-refractivity contribution in [1.29, 1.82) is 0 Å². The normalized spacial score (nSPS) is 11.4. The van der Waals surface area contributed by atoms with Gasteiger partial charge in [0.25, 0.3) is 5.91 Å². The molecule has 1 atom stereocenters. The summed E-state index contributed by atoms with van der Waals surface area (Å²) < 4.78 is 0. The summed E-state index contributed by atoms with van der Waals surface area (Å²) in [7, 11) is 0. The lowest BCUT2D eigenvalue weighted by molar-refractivity contribution is -0.127. The maximum Gasteiger partial charge on any atom is 0.251 e. The standard InChI is InChI=1S/C32H32N6O3.ClH/c1-21-26(13-8-14-27(21)35-20-36-34)30(32(41)37-25-17-15-22(16-18-25)19-28(33)39)38-31(40)29(23-9-4-2-5-10-23)24-11-6-3-7-12-24;/h2-18,20,29-30H,19,34H2,1H3,(H2,33,39)(H,35,36)(H,37,41)(H,38,40);1H. The summed E-state index contributed by atoms with van der Waals surface area (Å²) in [5.74, 6) is 3.49. The van der Waals surface area contributed by atoms with Gasteiger partial charge in [-0.1, -0.05) is 84.9 Å². The highest BCUT2D eigenvalue weighted by atomic mass is 35.5. The lowest BCUT2D eigenvalue weighted by Crippen LogP contribution is -2.40. The van der Waals surface area contributed by atoms with Crippen LogP contribution in [0.25, 0.3) is 0 Å². The van der Waals surface area contributed by atoms with Gasteiger partial charge in [-0.05, 0) is 52.9 Å². The Morgan fingerprint density at radius 2 is 1.40 bits per heavy atom. The number of hydrogen-bond acceptors (Lipinski definition) is 5. The van der Waals surface area contributed by atoms with Crippen LogP contribution in [0, 0.1) is 6.92 Å². The number of benzene rings is 4. The molecule has 0 heterocycles. The quantitative estimate of drug-likeness (QED) is 0.0774. The molecule has 216 valence electrons. The van der Waals surface area contributed by atoms with Crippen molar-refractivity contribution in [3.63, 3.8) is 0 Å². The summed E-state index contributed by atoms with van der Waals surface area (Å²) >= 11 is 0. The van der Waals surface area contributed by atoms with Crippen molar-refractivity contribution in [2.24, 2.45) is 16.6 Å². The van der Waals surface area contributed by atoms with Gasteiger partial charge in [0.2, 0.25) is 11.8 Å². The number of aliphatic imine (C=N–C) groups is 1. The van der Waals surface area contributed by atoms with Crippen molar-refractivity contribution in [3.8, 4) is 0 Å². The lowest BCUT2D eigenvalue weighted by Gasteiger charge is -2.25. The number of hydrogen-bond donors (Lipinski definition) is 5. The topological polar surface area (TPSA) is 152 Å². The first-order valence-electron chi connectivity index (χ1n) is 13.0. The van der Waals surface area contributed by atoms with Gasteiger partial charge in [-0.3, -0.25) is 14.4 Å². The number of carbonyl (C=O) groups excluding carboxylic acids is 3. The van der Waals surface area contributed by atoms with Crippen LogP contribution >= 0.6 is 12.4 Å². The molecular formula is C32H33ClN6O3. The summed E-state index contributed by atoms with van der Waals surface area (Å²) in [6, 6.07) is 29.9. The third-order valence-corrected chi connectivity index (χ3v) is 6.61. The summed E-state index contributed by atoms with van der Waals surface area (Å²) in [6.45, 7) is 1.83. The molecule has 0 aromatic heterocycles. The number of nitrogens with two attached hydrogens (primary N) is 2.